The molecule has 1 aromatic rings. The van der Waals surface area contributed by atoms with Crippen molar-refractivity contribution in [2.24, 2.45) is 0 Å². The maximum atomic E-state index is 12.1. The molecule has 0 spiro atoms. The minimum Gasteiger partial charge on any atom is -0.378 e. The van der Waals surface area contributed by atoms with Crippen molar-refractivity contribution in [3.05, 3.63) is 29.8 Å². The molecule has 1 aliphatic heterocycles. The molecule has 1 aromatic carbocycles. The lowest BCUT2D eigenvalue weighted by molar-refractivity contribution is 0.0223. The Morgan fingerprint density at radius 1 is 1.45 bits per heavy atom. The number of ether oxygens (including phenoxy) is 2. The fourth-order valence-corrected chi connectivity index (χ4v) is 3.20. The van der Waals surface area contributed by atoms with Gasteiger partial charge in [-0.05, 0) is 31.0 Å². The standard InChI is InChI=1S/C14H17NO4S/c15-10-12-3-1-5-14(9-12)20(16,17)8-7-18-11-13-4-2-6-19-13/h1,3,5,9,13H,2,4,6-8,11H2. The minimum atomic E-state index is -3.41. The van der Waals surface area contributed by atoms with Crippen molar-refractivity contribution >= 4 is 9.84 Å². The fourth-order valence-electron chi connectivity index (χ4n) is 2.04. The van der Waals surface area contributed by atoms with Gasteiger partial charge in [0.2, 0.25) is 0 Å². The van der Waals surface area contributed by atoms with Gasteiger partial charge in [-0.1, -0.05) is 6.07 Å². The number of sulfone groups is 1. The molecule has 108 valence electrons. The zero-order valence-corrected chi connectivity index (χ0v) is 11.9. The van der Waals surface area contributed by atoms with Crippen molar-refractivity contribution < 1.29 is 17.9 Å². The van der Waals surface area contributed by atoms with Gasteiger partial charge in [-0.2, -0.15) is 5.26 Å². The van der Waals surface area contributed by atoms with E-state index in [-0.39, 0.29) is 23.4 Å². The Labute approximate surface area is 119 Å². The molecule has 1 aliphatic rings. The van der Waals surface area contributed by atoms with Crippen molar-refractivity contribution in [1.29, 1.82) is 5.26 Å². The van der Waals surface area contributed by atoms with Gasteiger partial charge >= 0.3 is 0 Å². The normalized spacial score (nSPS) is 18.9. The van der Waals surface area contributed by atoms with Gasteiger partial charge in [-0.25, -0.2) is 8.42 Å². The summed E-state index contributed by atoms with van der Waals surface area (Å²) in [7, 11) is -3.41. The molecule has 0 aliphatic carbocycles. The second kappa shape index (κ2) is 6.84. The van der Waals surface area contributed by atoms with Crippen molar-refractivity contribution in [3.8, 4) is 6.07 Å². The molecule has 1 atom stereocenters. The number of hydrogen-bond acceptors (Lipinski definition) is 5. The predicted octanol–water partition coefficient (Wildman–Crippen LogP) is 1.53. The first-order valence-electron chi connectivity index (χ1n) is 6.54. The van der Waals surface area contributed by atoms with E-state index in [1.54, 1.807) is 12.1 Å². The molecular formula is C14H17NO4S. The highest BCUT2D eigenvalue weighted by Crippen LogP contribution is 2.14. The number of nitriles is 1. The smallest absolute Gasteiger partial charge is 0.180 e. The van der Waals surface area contributed by atoms with Gasteiger partial charge < -0.3 is 9.47 Å². The van der Waals surface area contributed by atoms with E-state index in [1.165, 1.54) is 12.1 Å². The summed E-state index contributed by atoms with van der Waals surface area (Å²) in [5.74, 6) is -0.0887. The maximum absolute atomic E-state index is 12.1. The van der Waals surface area contributed by atoms with Gasteiger partial charge in [-0.3, -0.25) is 0 Å². The molecular weight excluding hydrogens is 278 g/mol. The fraction of sp³-hybridized carbons (Fsp3) is 0.500. The van der Waals surface area contributed by atoms with Crippen LogP contribution in [0.25, 0.3) is 0 Å². The summed E-state index contributed by atoms with van der Waals surface area (Å²) in [6.45, 7) is 1.33. The Kier molecular flexibility index (Phi) is 5.12. The molecule has 0 radical (unpaired) electrons. The molecule has 0 amide bonds. The highest BCUT2D eigenvalue weighted by Gasteiger charge is 2.17. The summed E-state index contributed by atoms with van der Waals surface area (Å²) in [4.78, 5) is 0.164. The minimum absolute atomic E-state index is 0.0887. The van der Waals surface area contributed by atoms with Crippen LogP contribution in [0.5, 0.6) is 0 Å². The molecule has 1 unspecified atom stereocenters. The lowest BCUT2D eigenvalue weighted by Crippen LogP contribution is -2.18. The van der Waals surface area contributed by atoms with Crippen molar-refractivity contribution in [2.75, 3.05) is 25.6 Å². The number of rotatable bonds is 6. The van der Waals surface area contributed by atoms with Gasteiger partial charge in [-0.15, -0.1) is 0 Å². The van der Waals surface area contributed by atoms with Crippen LogP contribution in [0.1, 0.15) is 18.4 Å². The Morgan fingerprint density at radius 2 is 2.30 bits per heavy atom. The molecule has 2 rings (SSSR count). The third-order valence-electron chi connectivity index (χ3n) is 3.15. The SMILES string of the molecule is N#Cc1cccc(S(=O)(=O)CCOCC2CCCO2)c1. The van der Waals surface area contributed by atoms with E-state index < -0.39 is 9.84 Å². The Hall–Kier alpha value is -1.42. The van der Waals surface area contributed by atoms with E-state index in [1.807, 2.05) is 6.07 Å². The lowest BCUT2D eigenvalue weighted by atomic mass is 10.2. The van der Waals surface area contributed by atoms with Gasteiger partial charge in [0.05, 0.1) is 41.6 Å². The van der Waals surface area contributed by atoms with Crippen LogP contribution in [0.2, 0.25) is 0 Å². The summed E-state index contributed by atoms with van der Waals surface area (Å²) >= 11 is 0. The molecule has 1 fully saturated rings. The quantitative estimate of drug-likeness (QED) is 0.744. The van der Waals surface area contributed by atoms with Gasteiger partial charge in [0.25, 0.3) is 0 Å². The van der Waals surface area contributed by atoms with Crippen LogP contribution in [-0.2, 0) is 19.3 Å². The molecule has 6 heteroatoms. The highest BCUT2D eigenvalue weighted by atomic mass is 32.2. The van der Waals surface area contributed by atoms with Crippen molar-refractivity contribution in [3.63, 3.8) is 0 Å². The molecule has 1 heterocycles. The summed E-state index contributed by atoms with van der Waals surface area (Å²) in [5, 5.41) is 8.78. The van der Waals surface area contributed by atoms with Crippen LogP contribution < -0.4 is 0 Å². The van der Waals surface area contributed by atoms with Crippen LogP contribution in [0.3, 0.4) is 0 Å². The first-order valence-corrected chi connectivity index (χ1v) is 8.19. The second-order valence-electron chi connectivity index (χ2n) is 4.67. The molecule has 0 bridgehead atoms. The van der Waals surface area contributed by atoms with E-state index in [0.717, 1.165) is 19.4 Å². The van der Waals surface area contributed by atoms with E-state index in [0.29, 0.717) is 12.2 Å². The monoisotopic (exact) mass is 295 g/mol. The van der Waals surface area contributed by atoms with Crippen LogP contribution >= 0.6 is 0 Å². The number of nitrogens with zero attached hydrogens (tertiary/aromatic N) is 1. The number of hydrogen-bond donors (Lipinski definition) is 0. The zero-order valence-electron chi connectivity index (χ0n) is 11.1. The van der Waals surface area contributed by atoms with E-state index in [4.69, 9.17) is 14.7 Å². The Morgan fingerprint density at radius 3 is 3.00 bits per heavy atom. The zero-order chi connectivity index (χ0) is 14.4. The van der Waals surface area contributed by atoms with Gasteiger partial charge in [0.15, 0.2) is 9.84 Å². The first-order chi connectivity index (χ1) is 9.62. The average Bonchev–Trinajstić information content (AvgIpc) is 2.97. The highest BCUT2D eigenvalue weighted by molar-refractivity contribution is 7.91. The van der Waals surface area contributed by atoms with E-state index >= 15 is 0 Å². The summed E-state index contributed by atoms with van der Waals surface area (Å²) < 4.78 is 34.9. The third kappa shape index (κ3) is 4.04. The molecule has 20 heavy (non-hydrogen) atoms. The van der Waals surface area contributed by atoms with E-state index in [2.05, 4.69) is 0 Å². The largest absolute Gasteiger partial charge is 0.378 e. The number of benzene rings is 1. The summed E-state index contributed by atoms with van der Waals surface area (Å²) in [6.07, 6.45) is 2.10. The van der Waals surface area contributed by atoms with Crippen molar-refractivity contribution in [2.45, 2.75) is 23.8 Å². The Balaban J connectivity index is 1.85. The van der Waals surface area contributed by atoms with Gasteiger partial charge in [0, 0.05) is 6.61 Å². The molecule has 0 N–H and O–H groups in total. The van der Waals surface area contributed by atoms with Crippen LogP contribution in [0.4, 0.5) is 0 Å². The van der Waals surface area contributed by atoms with Crippen molar-refractivity contribution in [1.82, 2.24) is 0 Å². The van der Waals surface area contributed by atoms with E-state index in [9.17, 15) is 8.42 Å². The average molecular weight is 295 g/mol. The van der Waals surface area contributed by atoms with Crippen LogP contribution in [0.15, 0.2) is 29.2 Å². The predicted molar refractivity (Wildman–Crippen MR) is 73.0 cm³/mol. The lowest BCUT2D eigenvalue weighted by Gasteiger charge is -2.10. The molecule has 5 nitrogen and oxygen atoms in total. The second-order valence-corrected chi connectivity index (χ2v) is 6.78. The molecule has 1 saturated heterocycles. The van der Waals surface area contributed by atoms with Gasteiger partial charge in [0.1, 0.15) is 0 Å². The molecule has 0 aromatic heterocycles. The first kappa shape index (κ1) is 15.0. The third-order valence-corrected chi connectivity index (χ3v) is 4.82. The summed E-state index contributed by atoms with van der Waals surface area (Å²) in [5.41, 5.74) is 0.339. The summed E-state index contributed by atoms with van der Waals surface area (Å²) in [6, 6.07) is 7.96. The maximum Gasteiger partial charge on any atom is 0.180 e. The molecule has 0 saturated carbocycles. The van der Waals surface area contributed by atoms with Crippen LogP contribution in [0, 0.1) is 11.3 Å². The topological polar surface area (TPSA) is 76.4 Å². The van der Waals surface area contributed by atoms with Crippen LogP contribution in [-0.4, -0.2) is 40.1 Å². The Bertz CT molecular complexity index is 585.